The van der Waals surface area contributed by atoms with Crippen LogP contribution in [0.3, 0.4) is 0 Å². The number of nitrogens with zero attached hydrogens (tertiary/aromatic N) is 2. The van der Waals surface area contributed by atoms with Gasteiger partial charge < -0.3 is 5.32 Å². The molecule has 2 bridgehead atoms. The molecule has 4 aromatic carbocycles. The summed E-state index contributed by atoms with van der Waals surface area (Å²) in [6.45, 7) is 2.01. The average Bonchev–Trinajstić information content (AvgIpc) is 3.28. The summed E-state index contributed by atoms with van der Waals surface area (Å²) in [5.41, 5.74) is 7.99. The van der Waals surface area contributed by atoms with Crippen LogP contribution in [0.4, 0.5) is 11.4 Å². The van der Waals surface area contributed by atoms with Gasteiger partial charge in [-0.3, -0.25) is 14.4 Å². The van der Waals surface area contributed by atoms with Crippen molar-refractivity contribution in [2.75, 3.05) is 16.8 Å². The van der Waals surface area contributed by atoms with E-state index in [9.17, 15) is 14.4 Å². The number of hydrogen-bond donors (Lipinski definition) is 2. The van der Waals surface area contributed by atoms with Gasteiger partial charge in [-0.25, -0.2) is 10.3 Å². The number of anilines is 2. The van der Waals surface area contributed by atoms with Crippen molar-refractivity contribution < 1.29 is 14.4 Å². The summed E-state index contributed by atoms with van der Waals surface area (Å²) < 4.78 is 1.11. The van der Waals surface area contributed by atoms with Gasteiger partial charge in [-0.1, -0.05) is 66.2 Å². The number of carbonyl (C=O) groups is 3. The zero-order valence-corrected chi connectivity index (χ0v) is 24.9. The van der Waals surface area contributed by atoms with Gasteiger partial charge in [0.25, 0.3) is 5.91 Å². The van der Waals surface area contributed by atoms with Crippen molar-refractivity contribution in [1.29, 1.82) is 0 Å². The number of imide groups is 1. The lowest BCUT2D eigenvalue weighted by Gasteiger charge is -2.52. The molecule has 1 saturated heterocycles. The second-order valence-electron chi connectivity index (χ2n) is 11.0. The molecule has 1 heterocycles. The van der Waals surface area contributed by atoms with Gasteiger partial charge in [0, 0.05) is 21.4 Å². The Labute approximate surface area is 257 Å². The summed E-state index contributed by atoms with van der Waals surface area (Å²) in [7, 11) is 0. The predicted octanol–water partition coefficient (Wildman–Crippen LogP) is 5.36. The van der Waals surface area contributed by atoms with Gasteiger partial charge >= 0.3 is 0 Å². The van der Waals surface area contributed by atoms with E-state index < -0.39 is 17.3 Å². The van der Waals surface area contributed by atoms with E-state index in [1.165, 1.54) is 4.90 Å². The van der Waals surface area contributed by atoms with Crippen LogP contribution in [0.15, 0.2) is 102 Å². The maximum atomic E-state index is 14.4. The van der Waals surface area contributed by atoms with Crippen LogP contribution in [-0.2, 0) is 19.8 Å². The van der Waals surface area contributed by atoms with Crippen LogP contribution >= 0.6 is 22.6 Å². The number of amides is 3. The average molecular weight is 667 g/mol. The Morgan fingerprint density at radius 3 is 2.14 bits per heavy atom. The molecule has 8 heteroatoms. The minimum Gasteiger partial charge on any atom is -0.376 e. The lowest BCUT2D eigenvalue weighted by molar-refractivity contribution is -0.122. The Hall–Kier alpha value is -4.31. The Morgan fingerprint density at radius 2 is 1.50 bits per heavy atom. The molecule has 0 spiro atoms. The molecule has 7 nitrogen and oxygen atoms in total. The predicted molar refractivity (Wildman–Crippen MR) is 170 cm³/mol. The molecule has 42 heavy (non-hydrogen) atoms. The number of nitrogens with one attached hydrogen (secondary N) is 2. The van der Waals surface area contributed by atoms with Gasteiger partial charge in [0.15, 0.2) is 0 Å². The van der Waals surface area contributed by atoms with E-state index >= 15 is 0 Å². The molecule has 8 rings (SSSR count). The van der Waals surface area contributed by atoms with Crippen molar-refractivity contribution in [2.45, 2.75) is 18.3 Å². The molecule has 3 aliphatic carbocycles. The normalized spacial score (nSPS) is 23.5. The first-order valence-corrected chi connectivity index (χ1v) is 14.9. The van der Waals surface area contributed by atoms with Gasteiger partial charge in [-0.2, -0.15) is 5.10 Å². The monoisotopic (exact) mass is 666 g/mol. The van der Waals surface area contributed by atoms with Gasteiger partial charge in [0.2, 0.25) is 11.8 Å². The summed E-state index contributed by atoms with van der Waals surface area (Å²) in [5, 5.41) is 7.57. The molecular formula is C34H27IN4O3. The fourth-order valence-corrected chi connectivity index (χ4v) is 7.35. The van der Waals surface area contributed by atoms with Gasteiger partial charge in [-0.15, -0.1) is 0 Å². The third kappa shape index (κ3) is 3.99. The van der Waals surface area contributed by atoms with Crippen LogP contribution in [-0.4, -0.2) is 30.5 Å². The molecule has 2 atom stereocenters. The first kappa shape index (κ1) is 26.6. The largest absolute Gasteiger partial charge is 0.376 e. The van der Waals surface area contributed by atoms with E-state index in [2.05, 4.69) is 38.4 Å². The third-order valence-electron chi connectivity index (χ3n) is 8.73. The SMILES string of the molecule is Cc1ccc(N2C(=O)[C@@H]3[C@@H](C2=O)C2c4ccccc4C3(/C=N\NC(=O)CNc3ccc(I)cc3)c3ccccc32)cc1. The molecule has 3 amide bonds. The molecule has 4 aliphatic rings. The van der Waals surface area contributed by atoms with Gasteiger partial charge in [0.1, 0.15) is 0 Å². The van der Waals surface area contributed by atoms with Crippen LogP contribution < -0.4 is 15.6 Å². The third-order valence-corrected chi connectivity index (χ3v) is 9.45. The number of hydrazone groups is 1. The molecule has 0 saturated carbocycles. The van der Waals surface area contributed by atoms with E-state index in [4.69, 9.17) is 0 Å². The molecule has 0 aromatic heterocycles. The summed E-state index contributed by atoms with van der Waals surface area (Å²) in [5.74, 6) is -2.32. The lowest BCUT2D eigenvalue weighted by Crippen LogP contribution is -2.54. The first-order valence-electron chi connectivity index (χ1n) is 13.9. The Bertz CT molecular complexity index is 1720. The maximum Gasteiger partial charge on any atom is 0.259 e. The van der Waals surface area contributed by atoms with Gasteiger partial charge in [-0.05, 0) is 88.2 Å². The fourth-order valence-electron chi connectivity index (χ4n) is 6.99. The zero-order valence-electron chi connectivity index (χ0n) is 22.8. The van der Waals surface area contributed by atoms with Crippen LogP contribution in [0, 0.1) is 22.3 Å². The first-order chi connectivity index (χ1) is 20.4. The van der Waals surface area contributed by atoms with E-state index in [1.807, 2.05) is 104 Å². The van der Waals surface area contributed by atoms with Crippen molar-refractivity contribution in [3.63, 3.8) is 0 Å². The summed E-state index contributed by atoms with van der Waals surface area (Å²) in [4.78, 5) is 42.7. The van der Waals surface area contributed by atoms with Crippen molar-refractivity contribution in [2.24, 2.45) is 16.9 Å². The second-order valence-corrected chi connectivity index (χ2v) is 12.3. The number of halogens is 1. The number of benzene rings is 4. The highest BCUT2D eigenvalue weighted by molar-refractivity contribution is 14.1. The van der Waals surface area contributed by atoms with Crippen LogP contribution in [0.2, 0.25) is 0 Å². The highest BCUT2D eigenvalue weighted by Crippen LogP contribution is 2.63. The van der Waals surface area contributed by atoms with E-state index in [0.29, 0.717) is 5.69 Å². The molecule has 208 valence electrons. The molecular weight excluding hydrogens is 639 g/mol. The number of carbonyl (C=O) groups excluding carboxylic acids is 3. The van der Waals surface area contributed by atoms with Crippen LogP contribution in [0.5, 0.6) is 0 Å². The lowest BCUT2D eigenvalue weighted by atomic mass is 9.47. The summed E-state index contributed by atoms with van der Waals surface area (Å²) in [6.07, 6.45) is 1.68. The number of rotatable bonds is 6. The highest BCUT2D eigenvalue weighted by atomic mass is 127. The van der Waals surface area contributed by atoms with Crippen molar-refractivity contribution in [1.82, 2.24) is 5.43 Å². The highest BCUT2D eigenvalue weighted by Gasteiger charge is 2.68. The minimum atomic E-state index is -1.03. The molecule has 0 radical (unpaired) electrons. The van der Waals surface area contributed by atoms with Crippen molar-refractivity contribution in [3.8, 4) is 0 Å². The Balaban J connectivity index is 1.29. The van der Waals surface area contributed by atoms with Crippen LogP contribution in [0.25, 0.3) is 0 Å². The van der Waals surface area contributed by atoms with Crippen molar-refractivity contribution in [3.05, 3.63) is 128 Å². The molecule has 1 aliphatic heterocycles. The Kier molecular flexibility index (Phi) is 6.46. The molecule has 0 unspecified atom stereocenters. The minimum absolute atomic E-state index is 0.0326. The smallest absolute Gasteiger partial charge is 0.259 e. The molecule has 1 fully saturated rings. The van der Waals surface area contributed by atoms with Crippen LogP contribution in [0.1, 0.15) is 33.7 Å². The van der Waals surface area contributed by atoms with Gasteiger partial charge in [0.05, 0.1) is 29.5 Å². The van der Waals surface area contributed by atoms with Crippen molar-refractivity contribution >= 4 is 57.9 Å². The molecule has 4 aromatic rings. The standard InChI is InChI=1S/C34H27IN4O3/c1-20-10-16-23(17-11-20)39-32(41)30-29-24-6-2-4-8-26(24)34(31(30)33(39)42,27-9-5-3-7-25(27)29)19-37-38-28(40)18-36-22-14-12-21(35)13-15-22/h2-17,19,29-31,36H,18H2,1H3,(H,38,40)/b37-19-/t29?,30-,31-,34?/m0/s1. The van der Waals surface area contributed by atoms with E-state index in [-0.39, 0.29) is 30.2 Å². The van der Waals surface area contributed by atoms with E-state index in [0.717, 1.165) is 37.1 Å². The second kappa shape index (κ2) is 10.2. The Morgan fingerprint density at radius 1 is 0.881 bits per heavy atom. The van der Waals surface area contributed by atoms with E-state index in [1.54, 1.807) is 6.21 Å². The number of aryl methyl sites for hydroxylation is 1. The summed E-state index contributed by atoms with van der Waals surface area (Å²) >= 11 is 2.23. The topological polar surface area (TPSA) is 90.9 Å². The number of hydrogen-bond acceptors (Lipinski definition) is 5. The zero-order chi connectivity index (χ0) is 29.0. The maximum absolute atomic E-state index is 14.4. The summed E-state index contributed by atoms with van der Waals surface area (Å²) in [6, 6.07) is 31.2. The molecule has 2 N–H and O–H groups in total. The quantitative estimate of drug-likeness (QED) is 0.126. The fraction of sp³-hybridized carbons (Fsp3) is 0.176.